The monoisotopic (exact) mass is 248 g/mol. The Morgan fingerprint density at radius 1 is 1.33 bits per heavy atom. The predicted molar refractivity (Wildman–Crippen MR) is 68.6 cm³/mol. The molecule has 1 aliphatic rings. The Morgan fingerprint density at radius 2 is 2.06 bits per heavy atom. The zero-order valence-electron chi connectivity index (χ0n) is 10.3. The Bertz CT molecular complexity index is 453. The predicted octanol–water partition coefficient (Wildman–Crippen LogP) is 3.14. The molecule has 2 unspecified atom stereocenters. The molecule has 0 spiro atoms. The van der Waals surface area contributed by atoms with Gasteiger partial charge in [0, 0.05) is 0 Å². The van der Waals surface area contributed by atoms with Crippen molar-refractivity contribution in [2.75, 3.05) is 0 Å². The van der Waals surface area contributed by atoms with Crippen LogP contribution in [0.3, 0.4) is 0 Å². The summed E-state index contributed by atoms with van der Waals surface area (Å²) in [5, 5.41) is 9.89. The van der Waals surface area contributed by atoms with E-state index in [4.69, 9.17) is 4.74 Å². The molecule has 1 aromatic rings. The first-order chi connectivity index (χ1) is 8.64. The summed E-state index contributed by atoms with van der Waals surface area (Å²) in [5.74, 6) is 0.462. The molecule has 3 heteroatoms. The summed E-state index contributed by atoms with van der Waals surface area (Å²) < 4.78 is 19.3. The number of aliphatic hydroxyl groups is 1. The summed E-state index contributed by atoms with van der Waals surface area (Å²) in [6.07, 6.45) is 3.35. The highest BCUT2D eigenvalue weighted by molar-refractivity contribution is 5.27. The van der Waals surface area contributed by atoms with Crippen LogP contribution in [0.25, 0.3) is 0 Å². The fraction of sp³-hybridized carbons (Fsp3) is 0.333. The van der Waals surface area contributed by atoms with Gasteiger partial charge in [0.05, 0.1) is 0 Å². The first kappa shape index (κ1) is 12.8. The maximum absolute atomic E-state index is 13.8. The minimum absolute atomic E-state index is 0.340. The lowest BCUT2D eigenvalue weighted by molar-refractivity contribution is 0.0197. The van der Waals surface area contributed by atoms with E-state index in [1.165, 1.54) is 12.2 Å². The number of rotatable bonds is 4. The third kappa shape index (κ3) is 2.79. The van der Waals surface area contributed by atoms with Crippen LogP contribution in [-0.4, -0.2) is 16.9 Å². The molecule has 0 saturated carbocycles. The number of halogens is 1. The third-order valence-corrected chi connectivity index (χ3v) is 3.14. The number of ether oxygens (including phenoxy) is 1. The number of allylic oxidation sites excluding steroid dienone is 1. The van der Waals surface area contributed by atoms with E-state index >= 15 is 0 Å². The second-order valence-electron chi connectivity index (χ2n) is 4.42. The first-order valence-corrected chi connectivity index (χ1v) is 6.08. The van der Waals surface area contributed by atoms with Gasteiger partial charge in [-0.15, -0.1) is 0 Å². The Morgan fingerprint density at radius 3 is 2.67 bits per heavy atom. The van der Waals surface area contributed by atoms with Crippen LogP contribution in [0.2, 0.25) is 0 Å². The molecule has 96 valence electrons. The number of alkyl halides is 1. The van der Waals surface area contributed by atoms with Crippen molar-refractivity contribution in [2.45, 2.75) is 31.7 Å². The summed E-state index contributed by atoms with van der Waals surface area (Å²) in [6, 6.07) is 9.68. The standard InChI is InChI=1S/C15H17FO2/c1-2-15(17)9-8-13(10-14(15)16)18-11-12-6-4-3-5-7-12/h3-10,14,17H,2,11H2,1H3. The molecule has 2 atom stereocenters. The van der Waals surface area contributed by atoms with E-state index in [1.54, 1.807) is 13.0 Å². The summed E-state index contributed by atoms with van der Waals surface area (Å²) in [5.41, 5.74) is -0.363. The molecular weight excluding hydrogens is 231 g/mol. The zero-order chi connectivity index (χ0) is 13.0. The molecule has 0 radical (unpaired) electrons. The molecule has 0 fully saturated rings. The van der Waals surface area contributed by atoms with Crippen molar-refractivity contribution in [2.24, 2.45) is 0 Å². The highest BCUT2D eigenvalue weighted by Gasteiger charge is 2.34. The Kier molecular flexibility index (Phi) is 3.82. The maximum atomic E-state index is 13.8. The van der Waals surface area contributed by atoms with Crippen molar-refractivity contribution in [1.29, 1.82) is 0 Å². The van der Waals surface area contributed by atoms with Gasteiger partial charge in [-0.3, -0.25) is 0 Å². The van der Waals surface area contributed by atoms with E-state index in [2.05, 4.69) is 0 Å². The molecule has 2 rings (SSSR count). The van der Waals surface area contributed by atoms with Crippen molar-refractivity contribution in [3.63, 3.8) is 0 Å². The second kappa shape index (κ2) is 5.36. The molecule has 1 aromatic carbocycles. The average molecular weight is 248 g/mol. The lowest BCUT2D eigenvalue weighted by Crippen LogP contribution is -2.37. The molecule has 1 N–H and O–H groups in total. The normalized spacial score (nSPS) is 26.8. The smallest absolute Gasteiger partial charge is 0.154 e. The first-order valence-electron chi connectivity index (χ1n) is 6.08. The van der Waals surface area contributed by atoms with Crippen LogP contribution in [-0.2, 0) is 11.3 Å². The van der Waals surface area contributed by atoms with Crippen LogP contribution in [0.4, 0.5) is 4.39 Å². The van der Waals surface area contributed by atoms with Crippen molar-refractivity contribution >= 4 is 0 Å². The van der Waals surface area contributed by atoms with Crippen LogP contribution in [0.5, 0.6) is 0 Å². The third-order valence-electron chi connectivity index (χ3n) is 3.14. The van der Waals surface area contributed by atoms with Gasteiger partial charge in [-0.25, -0.2) is 4.39 Å². The zero-order valence-corrected chi connectivity index (χ0v) is 10.3. The van der Waals surface area contributed by atoms with Crippen LogP contribution < -0.4 is 0 Å². The molecule has 2 nitrogen and oxygen atoms in total. The fourth-order valence-corrected chi connectivity index (χ4v) is 1.81. The lowest BCUT2D eigenvalue weighted by Gasteiger charge is -2.28. The van der Waals surface area contributed by atoms with Gasteiger partial charge in [0.15, 0.2) is 6.17 Å². The minimum atomic E-state index is -1.42. The van der Waals surface area contributed by atoms with E-state index in [0.717, 1.165) is 5.56 Å². The highest BCUT2D eigenvalue weighted by Crippen LogP contribution is 2.27. The minimum Gasteiger partial charge on any atom is -0.489 e. The van der Waals surface area contributed by atoms with Gasteiger partial charge in [-0.05, 0) is 30.2 Å². The van der Waals surface area contributed by atoms with Gasteiger partial charge in [-0.1, -0.05) is 37.3 Å². The van der Waals surface area contributed by atoms with Crippen LogP contribution >= 0.6 is 0 Å². The van der Waals surface area contributed by atoms with E-state index in [1.807, 2.05) is 30.3 Å². The van der Waals surface area contributed by atoms with E-state index in [9.17, 15) is 9.50 Å². The van der Waals surface area contributed by atoms with Gasteiger partial charge in [0.25, 0.3) is 0 Å². The molecule has 0 aliphatic heterocycles. The average Bonchev–Trinajstić information content (AvgIpc) is 2.41. The van der Waals surface area contributed by atoms with Gasteiger partial charge in [-0.2, -0.15) is 0 Å². The number of hydrogen-bond acceptors (Lipinski definition) is 2. The van der Waals surface area contributed by atoms with Crippen LogP contribution in [0, 0.1) is 0 Å². The summed E-state index contributed by atoms with van der Waals surface area (Å²) in [7, 11) is 0. The van der Waals surface area contributed by atoms with Crippen molar-refractivity contribution in [3.05, 3.63) is 59.9 Å². The highest BCUT2D eigenvalue weighted by atomic mass is 19.1. The molecule has 0 bridgehead atoms. The summed E-state index contributed by atoms with van der Waals surface area (Å²) in [6.45, 7) is 2.15. The van der Waals surface area contributed by atoms with Crippen LogP contribution in [0.1, 0.15) is 18.9 Å². The Labute approximate surface area is 106 Å². The van der Waals surface area contributed by atoms with Crippen molar-refractivity contribution in [1.82, 2.24) is 0 Å². The number of benzene rings is 1. The lowest BCUT2D eigenvalue weighted by atomic mass is 9.90. The SMILES string of the molecule is CCC1(O)C=CC(OCc2ccccc2)=CC1F. The van der Waals surface area contributed by atoms with E-state index < -0.39 is 11.8 Å². The van der Waals surface area contributed by atoms with Gasteiger partial charge < -0.3 is 9.84 Å². The van der Waals surface area contributed by atoms with Crippen molar-refractivity contribution < 1.29 is 14.2 Å². The van der Waals surface area contributed by atoms with E-state index in [0.29, 0.717) is 18.8 Å². The molecular formula is C15H17FO2. The largest absolute Gasteiger partial charge is 0.489 e. The summed E-state index contributed by atoms with van der Waals surface area (Å²) in [4.78, 5) is 0. The van der Waals surface area contributed by atoms with Gasteiger partial charge in [0.2, 0.25) is 0 Å². The van der Waals surface area contributed by atoms with Crippen molar-refractivity contribution in [3.8, 4) is 0 Å². The molecule has 18 heavy (non-hydrogen) atoms. The van der Waals surface area contributed by atoms with Gasteiger partial charge >= 0.3 is 0 Å². The molecule has 1 aliphatic carbocycles. The van der Waals surface area contributed by atoms with E-state index in [-0.39, 0.29) is 0 Å². The maximum Gasteiger partial charge on any atom is 0.154 e. The second-order valence-corrected chi connectivity index (χ2v) is 4.42. The molecule has 0 aromatic heterocycles. The van der Waals surface area contributed by atoms with Gasteiger partial charge in [0.1, 0.15) is 18.0 Å². The summed E-state index contributed by atoms with van der Waals surface area (Å²) >= 11 is 0. The molecule has 0 heterocycles. The number of hydrogen-bond donors (Lipinski definition) is 1. The Balaban J connectivity index is 1.97. The molecule has 0 saturated heterocycles. The quantitative estimate of drug-likeness (QED) is 0.887. The topological polar surface area (TPSA) is 29.5 Å². The Hall–Kier alpha value is -1.61. The van der Waals surface area contributed by atoms with Crippen LogP contribution in [0.15, 0.2) is 54.3 Å². The fourth-order valence-electron chi connectivity index (χ4n) is 1.81. The molecule has 0 amide bonds.